The average molecular weight is 755 g/mol. The Kier molecular flexibility index (Phi) is 10.6. The van der Waals surface area contributed by atoms with Crippen LogP contribution in [0.2, 0.25) is 0 Å². The van der Waals surface area contributed by atoms with Crippen LogP contribution >= 0.6 is 0 Å². The maximum Gasteiger partial charge on any atom is 0.412 e. The van der Waals surface area contributed by atoms with Gasteiger partial charge in [0.05, 0.1) is 31.4 Å². The molecular weight excluding hydrogens is 709 g/mol. The van der Waals surface area contributed by atoms with Crippen molar-refractivity contribution in [3.8, 4) is 11.5 Å². The van der Waals surface area contributed by atoms with E-state index in [4.69, 9.17) is 19.2 Å². The largest absolute Gasteiger partial charge is 0.497 e. The van der Waals surface area contributed by atoms with Crippen LogP contribution in [-0.4, -0.2) is 52.4 Å². The fourth-order valence-corrected chi connectivity index (χ4v) is 7.86. The Hall–Kier alpha value is -6.37. The lowest BCUT2D eigenvalue weighted by Gasteiger charge is -2.51. The maximum atomic E-state index is 12.6. The van der Waals surface area contributed by atoms with Crippen LogP contribution in [0, 0.1) is 0 Å². The highest BCUT2D eigenvalue weighted by Crippen LogP contribution is 2.44. The molecule has 2 bridgehead atoms. The molecule has 4 aromatic carbocycles. The van der Waals surface area contributed by atoms with E-state index in [0.717, 1.165) is 85.9 Å². The van der Waals surface area contributed by atoms with Crippen LogP contribution in [0.15, 0.2) is 85.1 Å². The molecule has 2 aromatic heterocycles. The lowest BCUT2D eigenvalue weighted by molar-refractivity contribution is -0.114. The minimum absolute atomic E-state index is 0.0134. The molecule has 0 spiro atoms. The van der Waals surface area contributed by atoms with Crippen molar-refractivity contribution in [2.45, 2.75) is 77.9 Å². The van der Waals surface area contributed by atoms with Crippen molar-refractivity contribution in [3.05, 3.63) is 102 Å². The molecule has 13 heteroatoms. The van der Waals surface area contributed by atoms with Gasteiger partial charge in [0.25, 0.3) is 0 Å². The summed E-state index contributed by atoms with van der Waals surface area (Å²) in [5, 5.41) is 15.9. The number of aryl methyl sites for hydroxylation is 1. The molecule has 4 heterocycles. The molecule has 0 unspecified atom stereocenters. The molecule has 2 aliphatic rings. The van der Waals surface area contributed by atoms with Gasteiger partial charge in [-0.1, -0.05) is 36.6 Å². The molecule has 0 saturated carbocycles. The van der Waals surface area contributed by atoms with Gasteiger partial charge in [0.2, 0.25) is 5.91 Å². The summed E-state index contributed by atoms with van der Waals surface area (Å²) >= 11 is 0. The Balaban J connectivity index is 0.776. The third-order valence-electron chi connectivity index (χ3n) is 10.6. The van der Waals surface area contributed by atoms with E-state index in [1.165, 1.54) is 29.4 Å². The first-order valence-electron chi connectivity index (χ1n) is 19.2. The topological polar surface area (TPSA) is 136 Å². The molecule has 0 saturated heterocycles. The molecule has 0 atom stereocenters. The summed E-state index contributed by atoms with van der Waals surface area (Å²) in [6, 6.07) is 26.0. The number of aromatic nitrogens is 4. The van der Waals surface area contributed by atoms with Crippen LogP contribution in [-0.2, 0) is 35.8 Å². The highest BCUT2D eigenvalue weighted by molar-refractivity contribution is 5.98. The number of nitrogens with one attached hydrogen (secondary N) is 2. The van der Waals surface area contributed by atoms with Crippen molar-refractivity contribution in [2.75, 3.05) is 34.7 Å². The Morgan fingerprint density at radius 1 is 0.732 bits per heavy atom. The molecule has 0 fully saturated rings. The van der Waals surface area contributed by atoms with Gasteiger partial charge in [0, 0.05) is 60.1 Å². The van der Waals surface area contributed by atoms with Gasteiger partial charge in [-0.05, 0) is 97.1 Å². The first-order valence-corrected chi connectivity index (χ1v) is 19.2. The fraction of sp³-hybridized carbons (Fsp3) is 0.326. The van der Waals surface area contributed by atoms with E-state index in [9.17, 15) is 9.59 Å². The van der Waals surface area contributed by atoms with Crippen LogP contribution in [0.3, 0.4) is 0 Å². The van der Waals surface area contributed by atoms with E-state index < -0.39 is 6.09 Å². The SMILES string of the molecule is COc1ccc2c(c1)CN1c3ccc(OC)cc3CN2C1CCCCCCCn1cc(COC(=O)Nc2ccc3cc4ccc(NC(C)=O)cc4nc3c2)nn1. The van der Waals surface area contributed by atoms with Crippen molar-refractivity contribution in [3.63, 3.8) is 0 Å². The molecule has 56 heavy (non-hydrogen) atoms. The predicted molar refractivity (Wildman–Crippen MR) is 217 cm³/mol. The Bertz CT molecular complexity index is 2330. The lowest BCUT2D eigenvalue weighted by Crippen LogP contribution is -2.55. The number of anilines is 4. The zero-order valence-corrected chi connectivity index (χ0v) is 32.0. The van der Waals surface area contributed by atoms with Gasteiger partial charge in [0.1, 0.15) is 30.0 Å². The highest BCUT2D eigenvalue weighted by atomic mass is 16.5. The number of ether oxygens (including phenoxy) is 3. The van der Waals surface area contributed by atoms with Crippen molar-refractivity contribution in [1.82, 2.24) is 20.0 Å². The van der Waals surface area contributed by atoms with E-state index in [-0.39, 0.29) is 12.5 Å². The molecule has 2 amide bonds. The molecule has 8 rings (SSSR count). The van der Waals surface area contributed by atoms with E-state index in [2.05, 4.69) is 67.1 Å². The average Bonchev–Trinajstić information content (AvgIpc) is 3.66. The van der Waals surface area contributed by atoms with Crippen LogP contribution in [0.1, 0.15) is 62.3 Å². The van der Waals surface area contributed by atoms with Crippen molar-refractivity contribution in [1.29, 1.82) is 0 Å². The molecule has 0 radical (unpaired) electrons. The van der Waals surface area contributed by atoms with E-state index in [1.807, 2.05) is 47.3 Å². The second-order valence-corrected chi connectivity index (χ2v) is 14.4. The Morgan fingerprint density at radius 2 is 1.34 bits per heavy atom. The zero-order chi connectivity index (χ0) is 38.6. The number of hydrogen-bond acceptors (Lipinski definition) is 10. The fourth-order valence-electron chi connectivity index (χ4n) is 7.86. The summed E-state index contributed by atoms with van der Waals surface area (Å²) in [6.07, 6.45) is 8.21. The number of nitrogens with zero attached hydrogens (tertiary/aromatic N) is 6. The van der Waals surface area contributed by atoms with Crippen molar-refractivity contribution < 1.29 is 23.8 Å². The zero-order valence-electron chi connectivity index (χ0n) is 32.0. The monoisotopic (exact) mass is 754 g/mol. The third-order valence-corrected chi connectivity index (χ3v) is 10.6. The second-order valence-electron chi connectivity index (χ2n) is 14.4. The van der Waals surface area contributed by atoms with Crippen molar-refractivity contribution >= 4 is 56.6 Å². The van der Waals surface area contributed by atoms with Gasteiger partial charge in [-0.15, -0.1) is 5.10 Å². The standard InChI is InChI=1S/C43H46N8O5/c1-28(52)44-33-12-10-29-19-30-11-13-34(23-39(30)46-38(29)22-33)45-43(53)56-27-35-26-49(48-47-35)18-8-6-4-5-7-9-42-50-24-31-20-36(54-2)14-16-40(31)51(42)25-32-21-37(55-3)15-17-41(32)50/h10-17,19-23,26,42H,4-9,18,24-25,27H2,1-3H3,(H,44,52)(H,45,53). The number of benzene rings is 4. The third kappa shape index (κ3) is 8.02. The molecule has 288 valence electrons. The minimum atomic E-state index is -0.591. The Labute approximate surface area is 325 Å². The van der Waals surface area contributed by atoms with Crippen molar-refractivity contribution in [2.24, 2.45) is 0 Å². The van der Waals surface area contributed by atoms with Gasteiger partial charge in [-0.3, -0.25) is 14.8 Å². The number of methoxy groups -OCH3 is 2. The normalized spacial score (nSPS) is 13.3. The summed E-state index contributed by atoms with van der Waals surface area (Å²) in [5.41, 5.74) is 8.44. The quantitative estimate of drug-likeness (QED) is 0.0824. The summed E-state index contributed by atoms with van der Waals surface area (Å²) in [4.78, 5) is 33.9. The number of fused-ring (bicyclic) bond motifs is 8. The number of rotatable bonds is 14. The summed E-state index contributed by atoms with van der Waals surface area (Å²) < 4.78 is 18.3. The van der Waals surface area contributed by atoms with Gasteiger partial charge < -0.3 is 29.3 Å². The summed E-state index contributed by atoms with van der Waals surface area (Å²) in [7, 11) is 3.45. The number of pyridine rings is 1. The number of carbonyl (C=O) groups excluding carboxylic acids is 2. The first kappa shape index (κ1) is 36.6. The van der Waals surface area contributed by atoms with Crippen LogP contribution in [0.4, 0.5) is 27.5 Å². The molecule has 0 aliphatic carbocycles. The maximum absolute atomic E-state index is 12.6. The number of unbranched alkanes of at least 4 members (excludes halogenated alkanes) is 4. The van der Waals surface area contributed by atoms with Gasteiger partial charge >= 0.3 is 6.09 Å². The highest BCUT2D eigenvalue weighted by Gasteiger charge is 2.37. The second kappa shape index (κ2) is 16.2. The van der Waals surface area contributed by atoms with E-state index in [0.29, 0.717) is 28.8 Å². The number of carbonyl (C=O) groups is 2. The molecule has 2 N–H and O–H groups in total. The predicted octanol–water partition coefficient (Wildman–Crippen LogP) is 8.41. The van der Waals surface area contributed by atoms with Crippen LogP contribution in [0.5, 0.6) is 11.5 Å². The molecule has 6 aromatic rings. The molecule has 13 nitrogen and oxygen atoms in total. The number of amides is 2. The van der Waals surface area contributed by atoms with E-state index >= 15 is 0 Å². The molecular formula is C43H46N8O5. The summed E-state index contributed by atoms with van der Waals surface area (Å²) in [5.74, 6) is 1.64. The number of hydrogen-bond donors (Lipinski definition) is 2. The first-order chi connectivity index (χ1) is 27.3. The lowest BCUT2D eigenvalue weighted by atomic mass is 9.95. The van der Waals surface area contributed by atoms with E-state index in [1.54, 1.807) is 20.3 Å². The minimum Gasteiger partial charge on any atom is -0.497 e. The van der Waals surface area contributed by atoms with Gasteiger partial charge in [-0.2, -0.15) is 0 Å². The Morgan fingerprint density at radius 3 is 1.96 bits per heavy atom. The van der Waals surface area contributed by atoms with Crippen LogP contribution < -0.4 is 29.9 Å². The van der Waals surface area contributed by atoms with Gasteiger partial charge in [-0.25, -0.2) is 9.78 Å². The summed E-state index contributed by atoms with van der Waals surface area (Å²) in [6.45, 7) is 3.95. The van der Waals surface area contributed by atoms with Crippen LogP contribution in [0.25, 0.3) is 21.8 Å². The molecule has 2 aliphatic heterocycles. The van der Waals surface area contributed by atoms with Gasteiger partial charge in [0.15, 0.2) is 0 Å². The smallest absolute Gasteiger partial charge is 0.412 e.